The van der Waals surface area contributed by atoms with Crippen LogP contribution >= 0.6 is 0 Å². The summed E-state index contributed by atoms with van der Waals surface area (Å²) in [6, 6.07) is 0. The maximum atomic E-state index is 11.4. The van der Waals surface area contributed by atoms with Crippen molar-refractivity contribution in [3.05, 3.63) is 24.8 Å². The van der Waals surface area contributed by atoms with E-state index in [1.54, 1.807) is 6.92 Å². The molecule has 0 saturated carbocycles. The number of rotatable bonds is 18. The summed E-state index contributed by atoms with van der Waals surface area (Å²) in [5.41, 5.74) is -0.134. The van der Waals surface area contributed by atoms with Crippen molar-refractivity contribution in [2.24, 2.45) is 0 Å². The first kappa shape index (κ1) is 30.8. The van der Waals surface area contributed by atoms with Gasteiger partial charge in [-0.3, -0.25) is 4.48 Å². The van der Waals surface area contributed by atoms with Gasteiger partial charge >= 0.3 is 5.97 Å². The molecule has 0 fully saturated rings. The lowest BCUT2D eigenvalue weighted by Gasteiger charge is -2.52. The molecular formula is C26H52N2O4+2. The van der Waals surface area contributed by atoms with Crippen LogP contribution in [0.4, 0.5) is 0 Å². The molecule has 0 aromatic carbocycles. The van der Waals surface area contributed by atoms with Crippen molar-refractivity contribution >= 4 is 5.97 Å². The van der Waals surface area contributed by atoms with Crippen LogP contribution in [0, 0.1) is 0 Å². The van der Waals surface area contributed by atoms with Crippen molar-refractivity contribution in [2.75, 3.05) is 54.6 Å². The van der Waals surface area contributed by atoms with E-state index < -0.39 is 5.72 Å². The van der Waals surface area contributed by atoms with Gasteiger partial charge < -0.3 is 9.47 Å². The summed E-state index contributed by atoms with van der Waals surface area (Å²) < 4.78 is 12.0. The minimum Gasteiger partial charge on any atom is -0.460 e. The Labute approximate surface area is 198 Å². The molecule has 0 amide bonds. The fraction of sp³-hybridized carbons (Fsp3) is 0.808. The molecule has 0 bridgehead atoms. The molecule has 0 heterocycles. The van der Waals surface area contributed by atoms with Gasteiger partial charge in [0.05, 0.1) is 41.3 Å². The van der Waals surface area contributed by atoms with E-state index in [0.29, 0.717) is 23.4 Å². The molecule has 0 radical (unpaired) electrons. The van der Waals surface area contributed by atoms with Crippen LogP contribution in [0.25, 0.3) is 0 Å². The summed E-state index contributed by atoms with van der Waals surface area (Å²) >= 11 is 0. The fourth-order valence-electron chi connectivity index (χ4n) is 4.08. The Morgan fingerprint density at radius 3 is 2.09 bits per heavy atom. The van der Waals surface area contributed by atoms with Crippen LogP contribution in [0.15, 0.2) is 24.8 Å². The summed E-state index contributed by atoms with van der Waals surface area (Å²) in [7, 11) is 8.82. The number of ether oxygens (including phenoxy) is 2. The highest BCUT2D eigenvalue weighted by Crippen LogP contribution is 2.38. The van der Waals surface area contributed by atoms with Gasteiger partial charge in [-0.15, -0.1) is 4.84 Å². The van der Waals surface area contributed by atoms with Gasteiger partial charge in [0, 0.05) is 37.5 Å². The average Bonchev–Trinajstić information content (AvgIpc) is 2.74. The summed E-state index contributed by atoms with van der Waals surface area (Å²) in [4.78, 5) is 18.4. The van der Waals surface area contributed by atoms with Gasteiger partial charge in [-0.25, -0.2) is 4.79 Å². The first-order chi connectivity index (χ1) is 14.8. The van der Waals surface area contributed by atoms with Crippen LogP contribution in [-0.2, 0) is 19.1 Å². The number of hydrogen-bond donors (Lipinski definition) is 0. The number of carbonyl (C=O) groups excluding carboxylic acids is 1. The lowest BCUT2D eigenvalue weighted by molar-refractivity contribution is -1.17. The third kappa shape index (κ3) is 8.29. The third-order valence-electron chi connectivity index (χ3n) is 7.18. The highest BCUT2D eigenvalue weighted by atomic mass is 16.7. The predicted molar refractivity (Wildman–Crippen MR) is 133 cm³/mol. The summed E-state index contributed by atoms with van der Waals surface area (Å²) in [6.45, 7) is 20.6. The summed E-state index contributed by atoms with van der Waals surface area (Å²) in [6.07, 6.45) is 8.04. The van der Waals surface area contributed by atoms with Crippen LogP contribution in [0.3, 0.4) is 0 Å². The minimum absolute atomic E-state index is 0.0794. The molecule has 2 atom stereocenters. The van der Waals surface area contributed by atoms with Gasteiger partial charge in [-0.05, 0) is 26.7 Å². The van der Waals surface area contributed by atoms with Crippen molar-refractivity contribution in [2.45, 2.75) is 84.4 Å². The average molecular weight is 457 g/mol. The smallest absolute Gasteiger partial charge is 0.333 e. The Morgan fingerprint density at radius 1 is 1.00 bits per heavy atom. The van der Waals surface area contributed by atoms with E-state index in [4.69, 9.17) is 14.3 Å². The molecule has 0 saturated heterocycles. The number of quaternary nitrogens is 2. The number of nitrogens with zero attached hydrogens (tertiary/aromatic N) is 2. The standard InChI is InChI=1S/C26H52N2O4/c1-12-16-19-27(8,9)26(14-3,15-4)32-28(10,11)25(7,13-2)18-17-20-30-21-22-31-24(29)23(5)6/h14H,3,5,12-13,15-22H2,1-2,4,6-11H3/q+2. The molecular weight excluding hydrogens is 404 g/mol. The third-order valence-corrected chi connectivity index (χ3v) is 7.18. The monoisotopic (exact) mass is 456 g/mol. The quantitative estimate of drug-likeness (QED) is 0.0538. The topological polar surface area (TPSA) is 44.8 Å². The Kier molecular flexibility index (Phi) is 13.0. The first-order valence-corrected chi connectivity index (χ1v) is 12.2. The van der Waals surface area contributed by atoms with Crippen molar-refractivity contribution in [1.29, 1.82) is 0 Å². The fourth-order valence-corrected chi connectivity index (χ4v) is 4.08. The molecule has 2 unspecified atom stereocenters. The Hall–Kier alpha value is -1.21. The minimum atomic E-state index is -0.460. The normalized spacial score (nSPS) is 16.2. The Morgan fingerprint density at radius 2 is 1.62 bits per heavy atom. The van der Waals surface area contributed by atoms with E-state index in [-0.39, 0.29) is 18.1 Å². The van der Waals surface area contributed by atoms with E-state index in [0.717, 1.165) is 49.6 Å². The van der Waals surface area contributed by atoms with Gasteiger partial charge in [-0.2, -0.15) is 4.65 Å². The Bertz CT molecular complexity index is 603. The van der Waals surface area contributed by atoms with Crippen LogP contribution < -0.4 is 0 Å². The molecule has 6 heteroatoms. The summed E-state index contributed by atoms with van der Waals surface area (Å²) in [5, 5.41) is 0. The highest BCUT2D eigenvalue weighted by molar-refractivity contribution is 5.86. The first-order valence-electron chi connectivity index (χ1n) is 12.2. The molecule has 32 heavy (non-hydrogen) atoms. The Balaban J connectivity index is 5.06. The van der Waals surface area contributed by atoms with E-state index in [1.165, 1.54) is 0 Å². The van der Waals surface area contributed by atoms with Crippen molar-refractivity contribution in [3.8, 4) is 0 Å². The van der Waals surface area contributed by atoms with Gasteiger partial charge in [0.15, 0.2) is 0 Å². The molecule has 0 aliphatic rings. The lowest BCUT2D eigenvalue weighted by Crippen LogP contribution is -2.68. The van der Waals surface area contributed by atoms with E-state index in [9.17, 15) is 4.79 Å². The molecule has 0 N–H and O–H groups in total. The zero-order valence-corrected chi connectivity index (χ0v) is 22.6. The number of hydroxylamine groups is 3. The molecule has 0 aromatic rings. The number of likely N-dealkylation sites (N-methyl/N-ethyl adjacent to an activating group) is 1. The number of unbranched alkanes of at least 4 members (excludes halogenated alkanes) is 1. The van der Waals surface area contributed by atoms with E-state index in [2.05, 4.69) is 69.0 Å². The zero-order valence-electron chi connectivity index (χ0n) is 22.6. The SMILES string of the molecule is C=CC(CC)(O[N+](C)(C)C(C)(CC)CCCOCCOC(=O)C(=C)C)[N+](C)(C)CCCC. The van der Waals surface area contributed by atoms with Gasteiger partial charge in [0.25, 0.3) is 5.72 Å². The second kappa shape index (κ2) is 13.5. The predicted octanol–water partition coefficient (Wildman–Crippen LogP) is 5.25. The second-order valence-corrected chi connectivity index (χ2v) is 10.1. The van der Waals surface area contributed by atoms with Crippen LogP contribution in [0.2, 0.25) is 0 Å². The highest BCUT2D eigenvalue weighted by Gasteiger charge is 2.53. The number of esters is 1. The zero-order chi connectivity index (χ0) is 25.1. The van der Waals surface area contributed by atoms with Gasteiger partial charge in [0.1, 0.15) is 12.1 Å². The maximum Gasteiger partial charge on any atom is 0.333 e. The number of carbonyl (C=O) groups is 1. The lowest BCUT2D eigenvalue weighted by atomic mass is 9.91. The van der Waals surface area contributed by atoms with Crippen molar-refractivity contribution in [3.63, 3.8) is 0 Å². The van der Waals surface area contributed by atoms with Crippen molar-refractivity contribution in [1.82, 2.24) is 0 Å². The summed E-state index contributed by atoms with van der Waals surface area (Å²) in [5.74, 6) is -0.370. The van der Waals surface area contributed by atoms with Crippen molar-refractivity contribution < 1.29 is 28.2 Å². The molecule has 0 aromatic heterocycles. The molecule has 0 aliphatic heterocycles. The molecule has 0 aliphatic carbocycles. The van der Waals surface area contributed by atoms with Crippen LogP contribution in [-0.4, -0.2) is 80.9 Å². The molecule has 0 spiro atoms. The largest absolute Gasteiger partial charge is 0.460 e. The van der Waals surface area contributed by atoms with Crippen LogP contribution in [0.5, 0.6) is 0 Å². The van der Waals surface area contributed by atoms with E-state index in [1.807, 2.05) is 6.08 Å². The maximum absolute atomic E-state index is 11.4. The molecule has 0 rings (SSSR count). The van der Waals surface area contributed by atoms with E-state index >= 15 is 0 Å². The molecule has 188 valence electrons. The molecule has 6 nitrogen and oxygen atoms in total. The van der Waals surface area contributed by atoms with Crippen LogP contribution in [0.1, 0.15) is 73.1 Å². The number of hydrogen-bond acceptors (Lipinski definition) is 4. The van der Waals surface area contributed by atoms with Gasteiger partial charge in [0.2, 0.25) is 0 Å². The van der Waals surface area contributed by atoms with Gasteiger partial charge in [-0.1, -0.05) is 40.3 Å². The second-order valence-electron chi connectivity index (χ2n) is 10.1.